The molecule has 92 valence electrons. The van der Waals surface area contributed by atoms with Gasteiger partial charge in [-0.1, -0.05) is 0 Å². The Labute approximate surface area is 92.2 Å². The van der Waals surface area contributed by atoms with E-state index in [0.29, 0.717) is 25.7 Å². The summed E-state index contributed by atoms with van der Waals surface area (Å²) in [6, 6.07) is 0.535. The molecule has 0 bridgehead atoms. The van der Waals surface area contributed by atoms with E-state index in [1.54, 1.807) is 21.3 Å². The van der Waals surface area contributed by atoms with E-state index >= 15 is 0 Å². The fraction of sp³-hybridized carbons (Fsp3) is 1.00. The van der Waals surface area contributed by atoms with Gasteiger partial charge in [-0.15, -0.1) is 0 Å². The average molecular weight is 238 g/mol. The third-order valence-corrected chi connectivity index (χ3v) is 4.97. The highest BCUT2D eigenvalue weighted by molar-refractivity contribution is 6.60. The fourth-order valence-electron chi connectivity index (χ4n) is 1.22. The maximum Gasteiger partial charge on any atom is 0.502 e. The number of rotatable bonds is 9. The van der Waals surface area contributed by atoms with Crippen LogP contribution in [0.5, 0.6) is 0 Å². The van der Waals surface area contributed by atoms with E-state index in [1.165, 1.54) is 0 Å². The van der Waals surface area contributed by atoms with Gasteiger partial charge in [0.1, 0.15) is 0 Å². The Kier molecular flexibility index (Phi) is 8.15. The van der Waals surface area contributed by atoms with Gasteiger partial charge in [0.05, 0.1) is 12.7 Å². The summed E-state index contributed by atoms with van der Waals surface area (Å²) < 4.78 is 21.3. The van der Waals surface area contributed by atoms with E-state index in [1.807, 2.05) is 0 Å². The molecule has 0 fully saturated rings. The lowest BCUT2D eigenvalue weighted by Crippen LogP contribution is -2.47. The van der Waals surface area contributed by atoms with Crippen molar-refractivity contribution in [3.05, 3.63) is 0 Å². The molecular weight excluding hydrogens is 216 g/mol. The lowest BCUT2D eigenvalue weighted by Gasteiger charge is -2.28. The Hall–Kier alpha value is -0.0231. The van der Waals surface area contributed by atoms with Crippen molar-refractivity contribution in [1.29, 1.82) is 0 Å². The highest BCUT2D eigenvalue weighted by atomic mass is 28.4. The number of hydrogen-bond acceptors (Lipinski definition) is 6. The van der Waals surface area contributed by atoms with Gasteiger partial charge < -0.3 is 29.5 Å². The third kappa shape index (κ3) is 5.02. The van der Waals surface area contributed by atoms with Crippen molar-refractivity contribution in [2.75, 3.05) is 41.0 Å². The van der Waals surface area contributed by atoms with E-state index in [2.05, 4.69) is 0 Å². The normalized spacial score (nSPS) is 14.2. The molecule has 7 heteroatoms. The summed E-state index contributed by atoms with van der Waals surface area (Å²) in [7, 11) is 2.10. The molecule has 0 amide bonds. The zero-order chi connectivity index (χ0) is 11.7. The van der Waals surface area contributed by atoms with Crippen molar-refractivity contribution in [2.45, 2.75) is 12.1 Å². The van der Waals surface area contributed by atoms with Crippen LogP contribution in [0, 0.1) is 0 Å². The molecule has 0 heterocycles. The van der Waals surface area contributed by atoms with Crippen molar-refractivity contribution in [2.24, 2.45) is 11.5 Å². The first kappa shape index (κ1) is 15.0. The molecule has 0 saturated carbocycles. The van der Waals surface area contributed by atoms with Crippen LogP contribution in [0.4, 0.5) is 0 Å². The van der Waals surface area contributed by atoms with Crippen LogP contribution in [-0.2, 0) is 18.0 Å². The molecule has 4 N–H and O–H groups in total. The molecule has 0 saturated heterocycles. The Bertz CT molecular complexity index is 149. The molecule has 0 aliphatic heterocycles. The Morgan fingerprint density at radius 1 is 1.07 bits per heavy atom. The maximum absolute atomic E-state index is 5.57. The van der Waals surface area contributed by atoms with Gasteiger partial charge in [-0.25, -0.2) is 0 Å². The van der Waals surface area contributed by atoms with Gasteiger partial charge in [0.25, 0.3) is 0 Å². The second-order valence-electron chi connectivity index (χ2n) is 3.02. The zero-order valence-corrected chi connectivity index (χ0v) is 10.7. The fourth-order valence-corrected chi connectivity index (χ4v) is 3.07. The van der Waals surface area contributed by atoms with Crippen LogP contribution in [0.15, 0.2) is 0 Å². The second kappa shape index (κ2) is 8.17. The molecule has 1 unspecified atom stereocenters. The summed E-state index contributed by atoms with van der Waals surface area (Å²) in [6.07, 6.45) is -0.139. The first-order chi connectivity index (χ1) is 7.17. The predicted octanol–water partition coefficient (Wildman–Crippen LogP) is -0.833. The highest BCUT2D eigenvalue weighted by Gasteiger charge is 2.40. The molecular formula is C8H22N2O4Si. The monoisotopic (exact) mass is 238 g/mol. The Morgan fingerprint density at radius 2 is 1.60 bits per heavy atom. The quantitative estimate of drug-likeness (QED) is 0.510. The molecule has 1 atom stereocenters. The molecule has 0 rings (SSSR count). The number of ether oxygens (including phenoxy) is 1. The lowest BCUT2D eigenvalue weighted by atomic mass is 10.4. The molecule has 0 aromatic carbocycles. The Morgan fingerprint density at radius 3 is 1.93 bits per heavy atom. The first-order valence-electron chi connectivity index (χ1n) is 4.85. The summed E-state index contributed by atoms with van der Waals surface area (Å²) in [6.45, 7) is 1.34. The summed E-state index contributed by atoms with van der Waals surface area (Å²) in [5.41, 5.74) is 10.9. The van der Waals surface area contributed by atoms with Gasteiger partial charge in [0.2, 0.25) is 0 Å². The van der Waals surface area contributed by atoms with Gasteiger partial charge >= 0.3 is 8.80 Å². The molecule has 15 heavy (non-hydrogen) atoms. The molecule has 0 aliphatic carbocycles. The minimum atomic E-state index is -2.60. The summed E-state index contributed by atoms with van der Waals surface area (Å²) in [4.78, 5) is 0. The Balaban J connectivity index is 4.21. The van der Waals surface area contributed by atoms with E-state index < -0.39 is 8.80 Å². The molecule has 0 radical (unpaired) electrons. The van der Waals surface area contributed by atoms with Crippen LogP contribution < -0.4 is 11.5 Å². The predicted molar refractivity (Wildman–Crippen MR) is 59.4 cm³/mol. The number of nitrogens with two attached hydrogens (primary N) is 2. The van der Waals surface area contributed by atoms with Crippen LogP contribution in [0.25, 0.3) is 0 Å². The molecule has 0 aromatic rings. The molecule has 0 spiro atoms. The summed E-state index contributed by atoms with van der Waals surface area (Å²) in [5, 5.41) is 0. The minimum absolute atomic E-state index is 0.139. The van der Waals surface area contributed by atoms with Crippen molar-refractivity contribution in [3.63, 3.8) is 0 Å². The van der Waals surface area contributed by atoms with Gasteiger partial charge in [-0.05, 0) is 0 Å². The van der Waals surface area contributed by atoms with E-state index in [-0.39, 0.29) is 6.10 Å². The number of hydrogen-bond donors (Lipinski definition) is 2. The smallest absolute Gasteiger partial charge is 0.377 e. The van der Waals surface area contributed by atoms with E-state index in [4.69, 9.17) is 29.5 Å². The standard InChI is InChI=1S/C8H22N2O4Si/c1-11-15(12-2,13-3)7-8(6-10)14-5-4-9/h8H,4-7,9-10H2,1-3H3. The molecule has 0 aliphatic rings. The lowest BCUT2D eigenvalue weighted by molar-refractivity contribution is 0.0504. The van der Waals surface area contributed by atoms with E-state index in [0.717, 1.165) is 0 Å². The zero-order valence-electron chi connectivity index (χ0n) is 9.69. The van der Waals surface area contributed by atoms with Crippen molar-refractivity contribution < 1.29 is 18.0 Å². The SMILES string of the molecule is CO[Si](CC(CN)OCCN)(OC)OC. The minimum Gasteiger partial charge on any atom is -0.377 e. The highest BCUT2D eigenvalue weighted by Crippen LogP contribution is 2.16. The van der Waals surface area contributed by atoms with Crippen molar-refractivity contribution in [1.82, 2.24) is 0 Å². The first-order valence-corrected chi connectivity index (χ1v) is 6.78. The summed E-state index contributed by atoms with van der Waals surface area (Å²) >= 11 is 0. The molecule has 6 nitrogen and oxygen atoms in total. The topological polar surface area (TPSA) is 89.0 Å². The van der Waals surface area contributed by atoms with Gasteiger partial charge in [0.15, 0.2) is 0 Å². The summed E-state index contributed by atoms with van der Waals surface area (Å²) in [5.74, 6) is 0. The van der Waals surface area contributed by atoms with Crippen LogP contribution in [0.1, 0.15) is 0 Å². The van der Waals surface area contributed by atoms with Crippen molar-refractivity contribution in [3.8, 4) is 0 Å². The van der Waals surface area contributed by atoms with Crippen LogP contribution in [0.3, 0.4) is 0 Å². The largest absolute Gasteiger partial charge is 0.502 e. The van der Waals surface area contributed by atoms with Crippen molar-refractivity contribution >= 4 is 8.80 Å². The second-order valence-corrected chi connectivity index (χ2v) is 6.02. The van der Waals surface area contributed by atoms with Crippen LogP contribution in [0.2, 0.25) is 6.04 Å². The van der Waals surface area contributed by atoms with Gasteiger partial charge in [-0.3, -0.25) is 0 Å². The molecule has 0 aromatic heterocycles. The van der Waals surface area contributed by atoms with Crippen LogP contribution >= 0.6 is 0 Å². The third-order valence-electron chi connectivity index (χ3n) is 2.14. The maximum atomic E-state index is 5.57. The van der Waals surface area contributed by atoms with Gasteiger partial charge in [-0.2, -0.15) is 0 Å². The van der Waals surface area contributed by atoms with E-state index in [9.17, 15) is 0 Å². The average Bonchev–Trinajstić information content (AvgIpc) is 2.30. The van der Waals surface area contributed by atoms with Crippen LogP contribution in [-0.4, -0.2) is 55.9 Å². The van der Waals surface area contributed by atoms with Gasteiger partial charge in [0, 0.05) is 40.5 Å².